The van der Waals surface area contributed by atoms with Crippen LogP contribution in [0.3, 0.4) is 0 Å². The first-order valence-electron chi connectivity index (χ1n) is 4.63. The third-order valence-electron chi connectivity index (χ3n) is 3.29. The van der Waals surface area contributed by atoms with Crippen molar-refractivity contribution in [3.8, 4) is 0 Å². The maximum atomic E-state index is 10.1. The number of aliphatic hydroxyl groups excluding tert-OH is 1. The summed E-state index contributed by atoms with van der Waals surface area (Å²) in [5.41, 5.74) is 2.43. The van der Waals surface area contributed by atoms with E-state index in [0.29, 0.717) is 5.92 Å². The Morgan fingerprint density at radius 3 is 2.69 bits per heavy atom. The Labute approximate surface area is 78.8 Å². The quantitative estimate of drug-likeness (QED) is 0.538. The van der Waals surface area contributed by atoms with Gasteiger partial charge in [-0.25, -0.2) is 0 Å². The molecule has 1 atom stereocenters. The van der Waals surface area contributed by atoms with Crippen molar-refractivity contribution in [2.75, 3.05) is 13.2 Å². The zero-order chi connectivity index (χ0) is 10.1. The van der Waals surface area contributed by atoms with E-state index in [4.69, 9.17) is 5.11 Å². The molecule has 0 amide bonds. The van der Waals surface area contributed by atoms with Crippen molar-refractivity contribution in [3.63, 3.8) is 0 Å². The summed E-state index contributed by atoms with van der Waals surface area (Å²) in [6.07, 6.45) is 0.921. The highest BCUT2D eigenvalue weighted by molar-refractivity contribution is 5.30. The Bertz CT molecular complexity index is 243. The van der Waals surface area contributed by atoms with E-state index in [1.807, 2.05) is 6.92 Å². The summed E-state index contributed by atoms with van der Waals surface area (Å²) in [5.74, 6) is 0.351. The number of allylic oxidation sites excluding steroid dienone is 1. The molecule has 74 valence electrons. The summed E-state index contributed by atoms with van der Waals surface area (Å²) in [7, 11) is 0. The van der Waals surface area contributed by atoms with Crippen LogP contribution in [0.25, 0.3) is 0 Å². The summed E-state index contributed by atoms with van der Waals surface area (Å²) in [6, 6.07) is 0. The number of rotatable bonds is 3. The van der Waals surface area contributed by atoms with E-state index in [1.54, 1.807) is 0 Å². The Kier molecular flexibility index (Phi) is 2.86. The Hall–Kier alpha value is -0.700. The standard InChI is InChI=1S/C10H17NO2/c1-7(5-11-13)9-4-8(6-12)10(9,2)3/h8,12H,4-6H2,1-3H3/b9-7-/t8-/m0/s1. The first-order chi connectivity index (χ1) is 6.04. The van der Waals surface area contributed by atoms with E-state index in [1.165, 1.54) is 5.57 Å². The highest BCUT2D eigenvalue weighted by atomic mass is 16.3. The zero-order valence-corrected chi connectivity index (χ0v) is 8.50. The molecule has 0 aromatic rings. The van der Waals surface area contributed by atoms with Crippen LogP contribution in [0.1, 0.15) is 27.2 Å². The smallest absolute Gasteiger partial charge is 0.102 e. The van der Waals surface area contributed by atoms with E-state index >= 15 is 0 Å². The highest BCUT2D eigenvalue weighted by Crippen LogP contribution is 2.51. The molecule has 1 aliphatic carbocycles. The fourth-order valence-corrected chi connectivity index (χ4v) is 2.09. The molecule has 1 saturated carbocycles. The molecule has 0 unspecified atom stereocenters. The van der Waals surface area contributed by atoms with Crippen molar-refractivity contribution in [1.29, 1.82) is 0 Å². The van der Waals surface area contributed by atoms with Gasteiger partial charge in [-0.1, -0.05) is 24.6 Å². The van der Waals surface area contributed by atoms with Gasteiger partial charge in [-0.3, -0.25) is 0 Å². The molecule has 1 aliphatic rings. The second-order valence-corrected chi connectivity index (χ2v) is 4.35. The summed E-state index contributed by atoms with van der Waals surface area (Å²) in [4.78, 5) is 10.1. The Morgan fingerprint density at radius 1 is 1.69 bits per heavy atom. The van der Waals surface area contributed by atoms with Gasteiger partial charge >= 0.3 is 0 Å². The third kappa shape index (κ3) is 1.66. The SMILES string of the molecule is C/C(CN=O)=C1\C[C@@H](CO)C1(C)C. The third-order valence-corrected chi connectivity index (χ3v) is 3.29. The maximum Gasteiger partial charge on any atom is 0.102 e. The second kappa shape index (κ2) is 3.58. The second-order valence-electron chi connectivity index (χ2n) is 4.35. The minimum absolute atomic E-state index is 0.0591. The van der Waals surface area contributed by atoms with Gasteiger partial charge in [0.15, 0.2) is 0 Å². The predicted octanol–water partition coefficient (Wildman–Crippen LogP) is 2.11. The van der Waals surface area contributed by atoms with Crippen molar-refractivity contribution in [1.82, 2.24) is 0 Å². The molecule has 0 spiro atoms. The van der Waals surface area contributed by atoms with Gasteiger partial charge in [-0.05, 0) is 30.3 Å². The van der Waals surface area contributed by atoms with Gasteiger partial charge in [0.25, 0.3) is 0 Å². The summed E-state index contributed by atoms with van der Waals surface area (Å²) in [5, 5.41) is 11.9. The van der Waals surface area contributed by atoms with Crippen LogP contribution in [-0.4, -0.2) is 18.3 Å². The van der Waals surface area contributed by atoms with Crippen molar-refractivity contribution < 1.29 is 5.11 Å². The largest absolute Gasteiger partial charge is 0.396 e. The van der Waals surface area contributed by atoms with Gasteiger partial charge in [-0.15, -0.1) is 0 Å². The lowest BCUT2D eigenvalue weighted by Crippen LogP contribution is -2.40. The van der Waals surface area contributed by atoms with Crippen LogP contribution in [0.15, 0.2) is 16.3 Å². The molecular weight excluding hydrogens is 166 g/mol. The van der Waals surface area contributed by atoms with Gasteiger partial charge in [0.2, 0.25) is 0 Å². The first kappa shape index (κ1) is 10.4. The number of hydrogen-bond donors (Lipinski definition) is 1. The molecular formula is C10H17NO2. The number of nitrogens with zero attached hydrogens (tertiary/aromatic N) is 1. The van der Waals surface area contributed by atoms with Crippen molar-refractivity contribution in [2.45, 2.75) is 27.2 Å². The predicted molar refractivity (Wildman–Crippen MR) is 52.3 cm³/mol. The van der Waals surface area contributed by atoms with Crippen molar-refractivity contribution in [3.05, 3.63) is 16.1 Å². The normalized spacial score (nSPS) is 29.4. The van der Waals surface area contributed by atoms with E-state index in [9.17, 15) is 4.91 Å². The molecule has 0 saturated heterocycles. The van der Waals surface area contributed by atoms with Gasteiger partial charge in [-0.2, -0.15) is 4.91 Å². The van der Waals surface area contributed by atoms with Gasteiger partial charge in [0.1, 0.15) is 6.54 Å². The molecule has 1 fully saturated rings. The lowest BCUT2D eigenvalue weighted by molar-refractivity contribution is 0.0831. The highest BCUT2D eigenvalue weighted by Gasteiger charge is 2.43. The lowest BCUT2D eigenvalue weighted by Gasteiger charge is -2.47. The van der Waals surface area contributed by atoms with E-state index < -0.39 is 0 Å². The molecule has 0 radical (unpaired) electrons. The minimum Gasteiger partial charge on any atom is -0.396 e. The monoisotopic (exact) mass is 183 g/mol. The first-order valence-corrected chi connectivity index (χ1v) is 4.63. The fraction of sp³-hybridized carbons (Fsp3) is 0.800. The van der Waals surface area contributed by atoms with Crippen LogP contribution >= 0.6 is 0 Å². The average molecular weight is 183 g/mol. The molecule has 0 aliphatic heterocycles. The molecule has 0 heterocycles. The van der Waals surface area contributed by atoms with Crippen LogP contribution in [0, 0.1) is 16.2 Å². The van der Waals surface area contributed by atoms with Gasteiger partial charge < -0.3 is 5.11 Å². The molecule has 0 bridgehead atoms. The molecule has 1 N–H and O–H groups in total. The summed E-state index contributed by atoms with van der Waals surface area (Å²) in [6.45, 7) is 6.70. The van der Waals surface area contributed by atoms with Crippen molar-refractivity contribution >= 4 is 0 Å². The number of hydrogen-bond acceptors (Lipinski definition) is 3. The van der Waals surface area contributed by atoms with Crippen LogP contribution < -0.4 is 0 Å². The number of nitroso groups, excluding NO2 is 1. The van der Waals surface area contributed by atoms with Crippen LogP contribution in [0.5, 0.6) is 0 Å². The maximum absolute atomic E-state index is 10.1. The topological polar surface area (TPSA) is 49.7 Å². The van der Waals surface area contributed by atoms with Gasteiger partial charge in [0.05, 0.1) is 0 Å². The Morgan fingerprint density at radius 2 is 2.31 bits per heavy atom. The zero-order valence-electron chi connectivity index (χ0n) is 8.50. The number of aliphatic hydroxyl groups is 1. The van der Waals surface area contributed by atoms with E-state index in [2.05, 4.69) is 19.0 Å². The van der Waals surface area contributed by atoms with E-state index in [-0.39, 0.29) is 18.6 Å². The molecule has 0 aromatic heterocycles. The summed E-state index contributed by atoms with van der Waals surface area (Å²) < 4.78 is 0. The van der Waals surface area contributed by atoms with Crippen LogP contribution in [0.2, 0.25) is 0 Å². The molecule has 0 aromatic carbocycles. The molecule has 3 nitrogen and oxygen atoms in total. The molecule has 1 rings (SSSR count). The van der Waals surface area contributed by atoms with E-state index in [0.717, 1.165) is 12.0 Å². The molecule has 13 heavy (non-hydrogen) atoms. The fourth-order valence-electron chi connectivity index (χ4n) is 2.09. The average Bonchev–Trinajstić information content (AvgIpc) is 2.04. The lowest BCUT2D eigenvalue weighted by atomic mass is 9.58. The van der Waals surface area contributed by atoms with Gasteiger partial charge in [0, 0.05) is 6.61 Å². The van der Waals surface area contributed by atoms with Crippen molar-refractivity contribution in [2.24, 2.45) is 16.5 Å². The minimum atomic E-state index is 0.0591. The Balaban J connectivity index is 2.77. The van der Waals surface area contributed by atoms with Crippen LogP contribution in [0.4, 0.5) is 0 Å². The van der Waals surface area contributed by atoms with Crippen LogP contribution in [-0.2, 0) is 0 Å². The molecule has 3 heteroatoms. The summed E-state index contributed by atoms with van der Waals surface area (Å²) >= 11 is 0.